The van der Waals surface area contributed by atoms with E-state index < -0.39 is 10.8 Å². The minimum absolute atomic E-state index is 0.291. The summed E-state index contributed by atoms with van der Waals surface area (Å²) < 4.78 is 19.0. The van der Waals surface area contributed by atoms with Crippen LogP contribution in [0.1, 0.15) is 27.2 Å². The van der Waals surface area contributed by atoms with Crippen LogP contribution in [-0.2, 0) is 22.3 Å². The maximum atomic E-state index is 12.9. The number of aryl methyl sites for hydroxylation is 1. The van der Waals surface area contributed by atoms with Gasteiger partial charge >= 0.3 is 0 Å². The van der Waals surface area contributed by atoms with Gasteiger partial charge in [-0.1, -0.05) is 29.8 Å². The predicted octanol–water partition coefficient (Wildman–Crippen LogP) is 3.20. The molecule has 1 N–H and O–H groups in total. The van der Waals surface area contributed by atoms with Crippen LogP contribution < -0.4 is 10.1 Å². The van der Waals surface area contributed by atoms with Gasteiger partial charge in [-0.05, 0) is 31.2 Å². The van der Waals surface area contributed by atoms with Gasteiger partial charge in [-0.25, -0.2) is 4.68 Å². The molecule has 1 aliphatic rings. The lowest BCUT2D eigenvalue weighted by Gasteiger charge is -2.13. The van der Waals surface area contributed by atoms with Gasteiger partial charge in [0.2, 0.25) is 0 Å². The van der Waals surface area contributed by atoms with E-state index in [0.717, 1.165) is 22.5 Å². The zero-order valence-corrected chi connectivity index (χ0v) is 15.9. The molecule has 0 radical (unpaired) electrons. The van der Waals surface area contributed by atoms with Crippen LogP contribution in [0.2, 0.25) is 0 Å². The van der Waals surface area contributed by atoms with Crippen molar-refractivity contribution in [2.24, 2.45) is 0 Å². The number of carbonyl (C=O) groups excluding carboxylic acids is 1. The molecule has 7 heteroatoms. The molecule has 138 valence electrons. The Hall–Kier alpha value is -2.93. The maximum Gasteiger partial charge on any atom is 0.260 e. The highest BCUT2D eigenvalue weighted by Gasteiger charge is 2.28. The molecule has 4 rings (SSSR count). The van der Waals surface area contributed by atoms with Gasteiger partial charge in [-0.3, -0.25) is 9.00 Å². The van der Waals surface area contributed by atoms with E-state index in [2.05, 4.69) is 10.4 Å². The molecule has 0 saturated heterocycles. The normalized spacial score (nSPS) is 15.4. The topological polar surface area (TPSA) is 73.2 Å². The first kappa shape index (κ1) is 17.5. The second-order valence-corrected chi connectivity index (χ2v) is 7.86. The number of rotatable bonds is 4. The van der Waals surface area contributed by atoms with Gasteiger partial charge in [0, 0.05) is 16.4 Å². The molecule has 1 aromatic heterocycles. The first-order valence-electron chi connectivity index (χ1n) is 8.54. The standard InChI is InChI=1S/C20H19N3O3S/c1-13-7-9-14(10-8-13)23-19(16-11-27(25)12-17(16)22-23)21-20(24)15-5-3-4-6-18(15)26-2/h3-10H,11-12H2,1-2H3,(H,21,24)/t27-/m1/s1. The van der Waals surface area contributed by atoms with Crippen molar-refractivity contribution in [3.8, 4) is 11.4 Å². The zero-order valence-electron chi connectivity index (χ0n) is 15.1. The average Bonchev–Trinajstić information content (AvgIpc) is 3.19. The number of amides is 1. The Balaban J connectivity index is 1.76. The minimum Gasteiger partial charge on any atom is -0.496 e. The lowest BCUT2D eigenvalue weighted by atomic mass is 10.2. The van der Waals surface area contributed by atoms with Gasteiger partial charge in [0.1, 0.15) is 11.6 Å². The molecule has 1 amide bonds. The highest BCUT2D eigenvalue weighted by atomic mass is 32.2. The first-order valence-corrected chi connectivity index (χ1v) is 10.0. The van der Waals surface area contributed by atoms with Crippen molar-refractivity contribution in [1.29, 1.82) is 0 Å². The Labute approximate surface area is 159 Å². The summed E-state index contributed by atoms with van der Waals surface area (Å²) >= 11 is 0. The number of hydrogen-bond donors (Lipinski definition) is 1. The Kier molecular flexibility index (Phi) is 4.53. The van der Waals surface area contributed by atoms with Gasteiger partial charge < -0.3 is 10.1 Å². The van der Waals surface area contributed by atoms with Crippen LogP contribution >= 0.6 is 0 Å². The van der Waals surface area contributed by atoms with E-state index >= 15 is 0 Å². The number of anilines is 1. The van der Waals surface area contributed by atoms with E-state index in [4.69, 9.17) is 4.74 Å². The lowest BCUT2D eigenvalue weighted by Crippen LogP contribution is -2.17. The highest BCUT2D eigenvalue weighted by molar-refractivity contribution is 7.83. The van der Waals surface area contributed by atoms with E-state index in [0.29, 0.717) is 28.6 Å². The summed E-state index contributed by atoms with van der Waals surface area (Å²) in [5, 5.41) is 7.57. The molecule has 0 saturated carbocycles. The molecule has 0 bridgehead atoms. The number of para-hydroxylation sites is 1. The highest BCUT2D eigenvalue weighted by Crippen LogP contribution is 2.32. The molecule has 1 aliphatic heterocycles. The number of aromatic nitrogens is 2. The molecule has 1 atom stereocenters. The molecule has 0 unspecified atom stereocenters. The van der Waals surface area contributed by atoms with Crippen LogP contribution in [0.15, 0.2) is 48.5 Å². The molecule has 27 heavy (non-hydrogen) atoms. The molecule has 2 aromatic carbocycles. The fourth-order valence-corrected chi connectivity index (χ4v) is 4.40. The maximum absolute atomic E-state index is 12.9. The van der Waals surface area contributed by atoms with Gasteiger partial charge in [-0.2, -0.15) is 5.10 Å². The number of nitrogens with zero attached hydrogens (tertiary/aromatic N) is 2. The first-order chi connectivity index (χ1) is 13.1. The van der Waals surface area contributed by atoms with Crippen molar-refractivity contribution in [3.05, 3.63) is 70.9 Å². The molecule has 3 aromatic rings. The minimum atomic E-state index is -0.984. The number of hydrogen-bond acceptors (Lipinski definition) is 4. The average molecular weight is 381 g/mol. The molecule has 0 fully saturated rings. The van der Waals surface area contributed by atoms with Crippen LogP contribution in [0.3, 0.4) is 0 Å². The number of carbonyl (C=O) groups is 1. The van der Waals surface area contributed by atoms with E-state index in [1.165, 1.54) is 7.11 Å². The lowest BCUT2D eigenvalue weighted by molar-refractivity contribution is 0.102. The van der Waals surface area contributed by atoms with E-state index in [1.807, 2.05) is 37.3 Å². The summed E-state index contributed by atoms with van der Waals surface area (Å²) in [6, 6.07) is 14.9. The zero-order chi connectivity index (χ0) is 19.0. The SMILES string of the molecule is COc1ccccc1C(=O)Nc1c2c(nn1-c1ccc(C)cc1)C[S@](=O)C2. The van der Waals surface area contributed by atoms with Crippen molar-refractivity contribution in [3.63, 3.8) is 0 Å². The van der Waals surface area contributed by atoms with Gasteiger partial charge in [-0.15, -0.1) is 0 Å². The van der Waals surface area contributed by atoms with Crippen molar-refractivity contribution >= 4 is 22.5 Å². The summed E-state index contributed by atoms with van der Waals surface area (Å²) in [6.45, 7) is 2.01. The van der Waals surface area contributed by atoms with Crippen molar-refractivity contribution < 1.29 is 13.7 Å². The van der Waals surface area contributed by atoms with E-state index in [9.17, 15) is 9.00 Å². The van der Waals surface area contributed by atoms with Crippen LogP contribution in [-0.4, -0.2) is 27.0 Å². The molecular weight excluding hydrogens is 362 g/mol. The predicted molar refractivity (Wildman–Crippen MR) is 105 cm³/mol. The second-order valence-electron chi connectivity index (χ2n) is 6.40. The van der Waals surface area contributed by atoms with E-state index in [1.54, 1.807) is 22.9 Å². The number of nitrogens with one attached hydrogen (secondary N) is 1. The fraction of sp³-hybridized carbons (Fsp3) is 0.200. The van der Waals surface area contributed by atoms with Crippen LogP contribution in [0.4, 0.5) is 5.82 Å². The number of fused-ring (bicyclic) bond motifs is 1. The van der Waals surface area contributed by atoms with Crippen LogP contribution in [0, 0.1) is 6.92 Å². The second kappa shape index (κ2) is 7.00. The Morgan fingerprint density at radius 1 is 1.15 bits per heavy atom. The van der Waals surface area contributed by atoms with Gasteiger partial charge in [0.15, 0.2) is 0 Å². The molecule has 0 aliphatic carbocycles. The largest absolute Gasteiger partial charge is 0.496 e. The van der Waals surface area contributed by atoms with Crippen LogP contribution in [0.5, 0.6) is 5.75 Å². The summed E-state index contributed by atoms with van der Waals surface area (Å²) in [5.74, 6) is 1.57. The fourth-order valence-electron chi connectivity index (χ4n) is 3.14. The monoisotopic (exact) mass is 381 g/mol. The summed E-state index contributed by atoms with van der Waals surface area (Å²) in [5.41, 5.74) is 4.01. The van der Waals surface area contributed by atoms with Crippen molar-refractivity contribution in [2.45, 2.75) is 18.4 Å². The van der Waals surface area contributed by atoms with Crippen molar-refractivity contribution in [1.82, 2.24) is 9.78 Å². The smallest absolute Gasteiger partial charge is 0.260 e. The molecule has 6 nitrogen and oxygen atoms in total. The third-order valence-corrected chi connectivity index (χ3v) is 5.74. The quantitative estimate of drug-likeness (QED) is 0.753. The molecular formula is C20H19N3O3S. The third kappa shape index (κ3) is 3.26. The number of ether oxygens (including phenoxy) is 1. The summed E-state index contributed by atoms with van der Waals surface area (Å²) in [7, 11) is 0.547. The van der Waals surface area contributed by atoms with Gasteiger partial charge in [0.25, 0.3) is 5.91 Å². The van der Waals surface area contributed by atoms with Crippen molar-refractivity contribution in [2.75, 3.05) is 12.4 Å². The Morgan fingerprint density at radius 2 is 1.89 bits per heavy atom. The third-order valence-electron chi connectivity index (χ3n) is 4.53. The Morgan fingerprint density at radius 3 is 2.63 bits per heavy atom. The van der Waals surface area contributed by atoms with Gasteiger partial charge in [0.05, 0.1) is 35.6 Å². The Bertz CT molecular complexity index is 1040. The number of methoxy groups -OCH3 is 1. The molecule has 0 spiro atoms. The summed E-state index contributed by atoms with van der Waals surface area (Å²) in [6.07, 6.45) is 0. The van der Waals surface area contributed by atoms with E-state index in [-0.39, 0.29) is 5.91 Å². The van der Waals surface area contributed by atoms with Crippen LogP contribution in [0.25, 0.3) is 5.69 Å². The summed E-state index contributed by atoms with van der Waals surface area (Å²) in [4.78, 5) is 12.9. The number of benzene rings is 2. The molecule has 2 heterocycles.